The molecule has 0 aliphatic rings. The van der Waals surface area contributed by atoms with Crippen LogP contribution in [0, 0.1) is 0 Å². The normalized spacial score (nSPS) is 12.0. The van der Waals surface area contributed by atoms with Gasteiger partial charge in [0.25, 0.3) is 0 Å². The summed E-state index contributed by atoms with van der Waals surface area (Å²) in [5.41, 5.74) is 1.93. The van der Waals surface area contributed by atoms with Crippen LogP contribution in [0.2, 0.25) is 0 Å². The van der Waals surface area contributed by atoms with Crippen LogP contribution in [0.1, 0.15) is 17.2 Å². The molecule has 2 rings (SSSR count). The summed E-state index contributed by atoms with van der Waals surface area (Å²) in [6.07, 6.45) is 2.05. The van der Waals surface area contributed by atoms with Gasteiger partial charge in [-0.25, -0.2) is 0 Å². The second-order valence-corrected chi connectivity index (χ2v) is 5.56. The summed E-state index contributed by atoms with van der Waals surface area (Å²) in [5.74, 6) is 1.37. The molecule has 0 aliphatic carbocycles. The lowest BCUT2D eigenvalue weighted by atomic mass is 10.0. The molecule has 0 saturated carbocycles. The van der Waals surface area contributed by atoms with Crippen molar-refractivity contribution < 1.29 is 14.6 Å². The molecule has 0 bridgehead atoms. The number of rotatable bonds is 6. The fraction of sp³-hybridized carbons (Fsp3) is 0.294. The van der Waals surface area contributed by atoms with Gasteiger partial charge in [0.05, 0.1) is 20.3 Å². The molecular formula is C17H20O3S. The van der Waals surface area contributed by atoms with E-state index < -0.39 is 6.10 Å². The minimum absolute atomic E-state index is 0.529. The van der Waals surface area contributed by atoms with E-state index in [1.54, 1.807) is 26.0 Å². The van der Waals surface area contributed by atoms with Crippen molar-refractivity contribution in [3.63, 3.8) is 0 Å². The first-order valence-corrected chi connectivity index (χ1v) is 7.93. The minimum Gasteiger partial charge on any atom is -0.493 e. The van der Waals surface area contributed by atoms with Crippen molar-refractivity contribution >= 4 is 11.8 Å². The van der Waals surface area contributed by atoms with Gasteiger partial charge in [-0.1, -0.05) is 18.2 Å². The number of methoxy groups -OCH3 is 2. The predicted molar refractivity (Wildman–Crippen MR) is 86.4 cm³/mol. The van der Waals surface area contributed by atoms with E-state index in [1.807, 2.05) is 48.7 Å². The fourth-order valence-electron chi connectivity index (χ4n) is 2.17. The maximum Gasteiger partial charge on any atom is 0.160 e. The van der Waals surface area contributed by atoms with Crippen molar-refractivity contribution in [1.29, 1.82) is 0 Å². The fourth-order valence-corrected chi connectivity index (χ4v) is 2.58. The zero-order valence-corrected chi connectivity index (χ0v) is 13.3. The van der Waals surface area contributed by atoms with Gasteiger partial charge >= 0.3 is 0 Å². The largest absolute Gasteiger partial charge is 0.493 e. The molecule has 1 N–H and O–H groups in total. The lowest BCUT2D eigenvalue weighted by Crippen LogP contribution is -2.02. The Kier molecular flexibility index (Phi) is 5.53. The first kappa shape index (κ1) is 15.7. The lowest BCUT2D eigenvalue weighted by molar-refractivity contribution is 0.178. The number of hydrogen-bond donors (Lipinski definition) is 1. The van der Waals surface area contributed by atoms with Gasteiger partial charge in [-0.2, -0.15) is 0 Å². The standard InChI is InChI=1S/C17H20O3S/c1-19-16-9-4-12(11-17(16)20-2)10-15(18)13-5-7-14(21-3)8-6-13/h4-9,11,15,18H,10H2,1-3H3. The van der Waals surface area contributed by atoms with Gasteiger partial charge in [0.15, 0.2) is 11.5 Å². The Balaban J connectivity index is 2.12. The Morgan fingerprint density at radius 3 is 2.24 bits per heavy atom. The molecule has 21 heavy (non-hydrogen) atoms. The van der Waals surface area contributed by atoms with Crippen LogP contribution in [0.15, 0.2) is 47.4 Å². The van der Waals surface area contributed by atoms with Crippen LogP contribution in [0.3, 0.4) is 0 Å². The van der Waals surface area contributed by atoms with Gasteiger partial charge in [-0.05, 0) is 41.6 Å². The lowest BCUT2D eigenvalue weighted by Gasteiger charge is -2.14. The highest BCUT2D eigenvalue weighted by atomic mass is 32.2. The molecule has 0 saturated heterocycles. The molecule has 0 heterocycles. The van der Waals surface area contributed by atoms with Crippen LogP contribution in [0.5, 0.6) is 11.5 Å². The number of ether oxygens (including phenoxy) is 2. The van der Waals surface area contributed by atoms with Gasteiger partial charge in [0.1, 0.15) is 0 Å². The van der Waals surface area contributed by atoms with Crippen molar-refractivity contribution in [2.24, 2.45) is 0 Å². The third-order valence-corrected chi connectivity index (χ3v) is 4.12. The van der Waals surface area contributed by atoms with E-state index in [4.69, 9.17) is 9.47 Å². The summed E-state index contributed by atoms with van der Waals surface area (Å²) in [6, 6.07) is 13.7. The van der Waals surface area contributed by atoms with Gasteiger partial charge < -0.3 is 14.6 Å². The molecule has 112 valence electrons. The minimum atomic E-state index is -0.529. The average Bonchev–Trinajstić information content (AvgIpc) is 2.54. The molecule has 0 spiro atoms. The van der Waals surface area contributed by atoms with Crippen molar-refractivity contribution in [2.75, 3.05) is 20.5 Å². The second kappa shape index (κ2) is 7.38. The molecular weight excluding hydrogens is 284 g/mol. The van der Waals surface area contributed by atoms with E-state index in [1.165, 1.54) is 4.90 Å². The molecule has 3 nitrogen and oxygen atoms in total. The molecule has 0 aromatic heterocycles. The Bertz CT molecular complexity index is 581. The Hall–Kier alpha value is -1.65. The maximum absolute atomic E-state index is 10.3. The first-order chi connectivity index (χ1) is 10.2. The maximum atomic E-state index is 10.3. The average molecular weight is 304 g/mol. The molecule has 2 aromatic carbocycles. The third kappa shape index (κ3) is 3.93. The van der Waals surface area contributed by atoms with E-state index in [2.05, 4.69) is 0 Å². The first-order valence-electron chi connectivity index (χ1n) is 6.71. The number of hydrogen-bond acceptors (Lipinski definition) is 4. The SMILES string of the molecule is COc1ccc(CC(O)c2ccc(SC)cc2)cc1OC. The van der Waals surface area contributed by atoms with Crippen molar-refractivity contribution in [3.05, 3.63) is 53.6 Å². The summed E-state index contributed by atoms with van der Waals surface area (Å²) in [4.78, 5) is 1.19. The summed E-state index contributed by atoms with van der Waals surface area (Å²) in [7, 11) is 3.22. The molecule has 1 atom stereocenters. The van der Waals surface area contributed by atoms with Crippen LogP contribution < -0.4 is 9.47 Å². The Morgan fingerprint density at radius 2 is 1.67 bits per heavy atom. The smallest absolute Gasteiger partial charge is 0.160 e. The predicted octanol–water partition coefficient (Wildman–Crippen LogP) is 3.70. The van der Waals surface area contributed by atoms with E-state index in [-0.39, 0.29) is 0 Å². The summed E-state index contributed by atoms with van der Waals surface area (Å²) in [5, 5.41) is 10.3. The van der Waals surface area contributed by atoms with Gasteiger partial charge in [-0.15, -0.1) is 11.8 Å². The number of benzene rings is 2. The molecule has 1 unspecified atom stereocenters. The molecule has 0 fully saturated rings. The van der Waals surface area contributed by atoms with Crippen LogP contribution in [0.25, 0.3) is 0 Å². The number of aliphatic hydroxyl groups is 1. The monoisotopic (exact) mass is 304 g/mol. The third-order valence-electron chi connectivity index (χ3n) is 3.38. The Labute approximate surface area is 129 Å². The van der Waals surface area contributed by atoms with Crippen LogP contribution >= 0.6 is 11.8 Å². The highest BCUT2D eigenvalue weighted by Crippen LogP contribution is 2.29. The Morgan fingerprint density at radius 1 is 1.00 bits per heavy atom. The zero-order valence-electron chi connectivity index (χ0n) is 12.5. The van der Waals surface area contributed by atoms with Gasteiger partial charge in [0.2, 0.25) is 0 Å². The highest BCUT2D eigenvalue weighted by Gasteiger charge is 2.11. The summed E-state index contributed by atoms with van der Waals surface area (Å²) in [6.45, 7) is 0. The van der Waals surface area contributed by atoms with E-state index in [9.17, 15) is 5.11 Å². The highest BCUT2D eigenvalue weighted by molar-refractivity contribution is 7.98. The summed E-state index contributed by atoms with van der Waals surface area (Å²) >= 11 is 1.69. The summed E-state index contributed by atoms with van der Waals surface area (Å²) < 4.78 is 10.5. The van der Waals surface area contributed by atoms with E-state index in [0.29, 0.717) is 17.9 Å². The van der Waals surface area contributed by atoms with Crippen molar-refractivity contribution in [1.82, 2.24) is 0 Å². The van der Waals surface area contributed by atoms with Crippen LogP contribution in [-0.4, -0.2) is 25.6 Å². The molecule has 0 aliphatic heterocycles. The van der Waals surface area contributed by atoms with Crippen LogP contribution in [-0.2, 0) is 6.42 Å². The molecule has 0 amide bonds. The van der Waals surface area contributed by atoms with Crippen molar-refractivity contribution in [2.45, 2.75) is 17.4 Å². The molecule has 0 radical (unpaired) electrons. The topological polar surface area (TPSA) is 38.7 Å². The van der Waals surface area contributed by atoms with Crippen LogP contribution in [0.4, 0.5) is 0 Å². The number of thioether (sulfide) groups is 1. The zero-order chi connectivity index (χ0) is 15.2. The number of aliphatic hydroxyl groups excluding tert-OH is 1. The molecule has 2 aromatic rings. The van der Waals surface area contributed by atoms with Crippen molar-refractivity contribution in [3.8, 4) is 11.5 Å². The van der Waals surface area contributed by atoms with Gasteiger partial charge in [-0.3, -0.25) is 0 Å². The quantitative estimate of drug-likeness (QED) is 0.826. The van der Waals surface area contributed by atoms with E-state index >= 15 is 0 Å². The van der Waals surface area contributed by atoms with Gasteiger partial charge in [0, 0.05) is 11.3 Å². The second-order valence-electron chi connectivity index (χ2n) is 4.68. The van der Waals surface area contributed by atoms with E-state index in [0.717, 1.165) is 11.1 Å². The molecule has 4 heteroatoms.